The van der Waals surface area contributed by atoms with E-state index < -0.39 is 0 Å². The van der Waals surface area contributed by atoms with Crippen LogP contribution in [0.25, 0.3) is 11.4 Å². The number of nitriles is 1. The summed E-state index contributed by atoms with van der Waals surface area (Å²) in [4.78, 5) is 9.59. The molecule has 0 spiro atoms. The Hall–Kier alpha value is -4.04. The van der Waals surface area contributed by atoms with E-state index in [1.807, 2.05) is 18.3 Å². The maximum atomic E-state index is 9.10. The van der Waals surface area contributed by atoms with Crippen molar-refractivity contribution in [2.45, 2.75) is 58.8 Å². The number of aryl methyl sites for hydroxylation is 3. The molecule has 3 heterocycles. The van der Waals surface area contributed by atoms with E-state index >= 15 is 0 Å². The van der Waals surface area contributed by atoms with Crippen LogP contribution in [-0.2, 0) is 0 Å². The third-order valence-electron chi connectivity index (χ3n) is 8.66. The Morgan fingerprint density at radius 3 is 2.20 bits per heavy atom. The quantitative estimate of drug-likeness (QED) is 0.337. The maximum Gasteiger partial charge on any atom is 0.128 e. The highest BCUT2D eigenvalue weighted by Gasteiger charge is 2.23. The lowest BCUT2D eigenvalue weighted by molar-refractivity contribution is 0.299. The Bertz CT molecular complexity index is 1430. The standard InChI is InChI=1S/C35H41N5/c1-24-19-25(2)33(28(5)39-17-13-31(14-18-39)30-11-9-29(22-36)10-12-30)21-32(24)27(4)38-34-23-37-35(20-26(34)3)40-15-7-6-8-16-40/h9-12,19-21,23,31,38H,4-8,13-18H2,1-3H3. The summed E-state index contributed by atoms with van der Waals surface area (Å²) >= 11 is 0. The Balaban J connectivity index is 1.27. The first-order valence-electron chi connectivity index (χ1n) is 14.6. The van der Waals surface area contributed by atoms with Crippen molar-refractivity contribution in [1.29, 1.82) is 5.26 Å². The first kappa shape index (κ1) is 27.5. The van der Waals surface area contributed by atoms with Crippen molar-refractivity contribution in [1.82, 2.24) is 9.88 Å². The summed E-state index contributed by atoms with van der Waals surface area (Å²) in [6, 6.07) is 17.0. The second kappa shape index (κ2) is 12.0. The van der Waals surface area contributed by atoms with Crippen molar-refractivity contribution in [2.75, 3.05) is 36.4 Å². The summed E-state index contributed by atoms with van der Waals surface area (Å²) in [6.45, 7) is 19.5. The number of hydrogen-bond acceptors (Lipinski definition) is 5. The fraction of sp³-hybridized carbons (Fsp3) is 0.371. The Labute approximate surface area is 239 Å². The molecule has 0 bridgehead atoms. The fourth-order valence-corrected chi connectivity index (χ4v) is 6.17. The molecular formula is C35H41N5. The van der Waals surface area contributed by atoms with Gasteiger partial charge in [-0.2, -0.15) is 5.26 Å². The first-order valence-corrected chi connectivity index (χ1v) is 14.6. The molecule has 5 nitrogen and oxygen atoms in total. The number of nitrogens with one attached hydrogen (secondary N) is 1. The predicted octanol–water partition coefficient (Wildman–Crippen LogP) is 7.80. The molecular weight excluding hydrogens is 490 g/mol. The van der Waals surface area contributed by atoms with Crippen LogP contribution in [0.4, 0.5) is 11.5 Å². The maximum absolute atomic E-state index is 9.10. The lowest BCUT2D eigenvalue weighted by Gasteiger charge is -2.35. The number of piperidine rings is 2. The summed E-state index contributed by atoms with van der Waals surface area (Å²) in [7, 11) is 0. The molecule has 5 heteroatoms. The third-order valence-corrected chi connectivity index (χ3v) is 8.66. The average Bonchev–Trinajstić information content (AvgIpc) is 2.98. The predicted molar refractivity (Wildman–Crippen MR) is 167 cm³/mol. The van der Waals surface area contributed by atoms with Crippen molar-refractivity contribution >= 4 is 22.9 Å². The number of anilines is 2. The van der Waals surface area contributed by atoms with Gasteiger partial charge in [0, 0.05) is 48.7 Å². The highest BCUT2D eigenvalue weighted by molar-refractivity contribution is 5.81. The normalized spacial score (nSPS) is 15.9. The molecule has 3 aromatic rings. The zero-order valence-corrected chi connectivity index (χ0v) is 24.3. The number of likely N-dealkylation sites (tertiary alicyclic amines) is 1. The molecule has 0 amide bonds. The molecule has 206 valence electrons. The Morgan fingerprint density at radius 2 is 1.55 bits per heavy atom. The number of nitrogens with zero attached hydrogens (tertiary/aromatic N) is 4. The van der Waals surface area contributed by atoms with Crippen molar-refractivity contribution in [3.8, 4) is 6.07 Å². The van der Waals surface area contributed by atoms with Gasteiger partial charge in [0.25, 0.3) is 0 Å². The van der Waals surface area contributed by atoms with Gasteiger partial charge in [0.05, 0.1) is 23.5 Å². The van der Waals surface area contributed by atoms with Gasteiger partial charge in [0.2, 0.25) is 0 Å². The van der Waals surface area contributed by atoms with Crippen LogP contribution in [0.5, 0.6) is 0 Å². The molecule has 0 aliphatic carbocycles. The van der Waals surface area contributed by atoms with Crippen LogP contribution in [0.3, 0.4) is 0 Å². The topological polar surface area (TPSA) is 55.2 Å². The minimum absolute atomic E-state index is 0.522. The van der Waals surface area contributed by atoms with Gasteiger partial charge in [-0.3, -0.25) is 0 Å². The molecule has 5 rings (SSSR count). The van der Waals surface area contributed by atoms with Gasteiger partial charge in [-0.05, 0) is 105 Å². The smallest absolute Gasteiger partial charge is 0.128 e. The fourth-order valence-electron chi connectivity index (χ4n) is 6.17. The van der Waals surface area contributed by atoms with Crippen molar-refractivity contribution in [3.63, 3.8) is 0 Å². The first-order chi connectivity index (χ1) is 19.3. The second-order valence-electron chi connectivity index (χ2n) is 11.4. The monoisotopic (exact) mass is 531 g/mol. The molecule has 0 atom stereocenters. The Morgan fingerprint density at radius 1 is 0.875 bits per heavy atom. The van der Waals surface area contributed by atoms with E-state index in [2.05, 4.69) is 85.4 Å². The molecule has 2 saturated heterocycles. The van der Waals surface area contributed by atoms with Gasteiger partial charge in [0.15, 0.2) is 0 Å². The van der Waals surface area contributed by atoms with Gasteiger partial charge in [-0.25, -0.2) is 4.98 Å². The third kappa shape index (κ3) is 5.92. The molecule has 2 aliphatic rings. The van der Waals surface area contributed by atoms with Gasteiger partial charge in [-0.15, -0.1) is 0 Å². The number of pyridine rings is 1. The van der Waals surface area contributed by atoms with Crippen LogP contribution in [0.15, 0.2) is 61.8 Å². The number of aromatic nitrogens is 1. The van der Waals surface area contributed by atoms with E-state index in [-0.39, 0.29) is 0 Å². The molecule has 0 saturated carbocycles. The van der Waals surface area contributed by atoms with Crippen LogP contribution < -0.4 is 10.2 Å². The molecule has 1 aromatic heterocycles. The van der Waals surface area contributed by atoms with Gasteiger partial charge in [0.1, 0.15) is 5.82 Å². The van der Waals surface area contributed by atoms with Crippen molar-refractivity contribution in [3.05, 3.63) is 101 Å². The summed E-state index contributed by atoms with van der Waals surface area (Å²) in [5.41, 5.74) is 10.9. The molecule has 1 N–H and O–H groups in total. The zero-order chi connectivity index (χ0) is 28.2. The van der Waals surface area contributed by atoms with E-state index in [4.69, 9.17) is 10.2 Å². The average molecular weight is 532 g/mol. The lowest BCUT2D eigenvalue weighted by Crippen LogP contribution is -2.31. The molecule has 0 unspecified atom stereocenters. The molecule has 2 fully saturated rings. The molecule has 40 heavy (non-hydrogen) atoms. The summed E-state index contributed by atoms with van der Waals surface area (Å²) in [5, 5.41) is 12.7. The largest absolute Gasteiger partial charge is 0.371 e. The highest BCUT2D eigenvalue weighted by atomic mass is 15.2. The summed E-state index contributed by atoms with van der Waals surface area (Å²) in [5.74, 6) is 1.59. The minimum Gasteiger partial charge on any atom is -0.371 e. The van der Waals surface area contributed by atoms with Crippen LogP contribution in [0.2, 0.25) is 0 Å². The second-order valence-corrected chi connectivity index (χ2v) is 11.4. The zero-order valence-electron chi connectivity index (χ0n) is 24.3. The van der Waals surface area contributed by atoms with E-state index in [9.17, 15) is 0 Å². The van der Waals surface area contributed by atoms with Gasteiger partial charge in [-0.1, -0.05) is 31.4 Å². The van der Waals surface area contributed by atoms with Crippen LogP contribution in [-0.4, -0.2) is 36.1 Å². The number of benzene rings is 2. The molecule has 0 radical (unpaired) electrons. The SMILES string of the molecule is C=C(Nc1cnc(N2CCCCC2)cc1C)c1cc(C(=C)N2CCC(c3ccc(C#N)cc3)CC2)c(C)cc1C. The summed E-state index contributed by atoms with van der Waals surface area (Å²) < 4.78 is 0. The van der Waals surface area contributed by atoms with Crippen molar-refractivity contribution < 1.29 is 0 Å². The van der Waals surface area contributed by atoms with E-state index in [0.29, 0.717) is 5.92 Å². The van der Waals surface area contributed by atoms with E-state index in [0.717, 1.165) is 73.0 Å². The number of rotatable bonds is 7. The van der Waals surface area contributed by atoms with Gasteiger partial charge < -0.3 is 15.1 Å². The van der Waals surface area contributed by atoms with Crippen LogP contribution in [0, 0.1) is 32.1 Å². The van der Waals surface area contributed by atoms with Crippen LogP contribution >= 0.6 is 0 Å². The van der Waals surface area contributed by atoms with Crippen molar-refractivity contribution in [2.24, 2.45) is 0 Å². The highest BCUT2D eigenvalue weighted by Crippen LogP contribution is 2.34. The van der Waals surface area contributed by atoms with Crippen LogP contribution in [0.1, 0.15) is 77.0 Å². The minimum atomic E-state index is 0.522. The molecule has 2 aromatic carbocycles. The lowest BCUT2D eigenvalue weighted by atomic mass is 9.88. The summed E-state index contributed by atoms with van der Waals surface area (Å²) in [6.07, 6.45) is 7.91. The van der Waals surface area contributed by atoms with Gasteiger partial charge >= 0.3 is 0 Å². The Kier molecular flexibility index (Phi) is 8.26. The molecule has 2 aliphatic heterocycles. The van der Waals surface area contributed by atoms with E-state index in [1.54, 1.807) is 0 Å². The van der Waals surface area contributed by atoms with E-state index in [1.165, 1.54) is 47.1 Å². The number of hydrogen-bond donors (Lipinski definition) is 1.